The van der Waals surface area contributed by atoms with Gasteiger partial charge in [-0.25, -0.2) is 9.67 Å². The van der Waals surface area contributed by atoms with E-state index in [1.165, 1.54) is 19.3 Å². The number of hydrogen-bond donors (Lipinski definition) is 1. The number of rotatable bonds is 8. The molecule has 0 aliphatic heterocycles. The van der Waals surface area contributed by atoms with Gasteiger partial charge >= 0.3 is 0 Å². The summed E-state index contributed by atoms with van der Waals surface area (Å²) in [6.45, 7) is 4.46. The van der Waals surface area contributed by atoms with Crippen molar-refractivity contribution in [2.45, 2.75) is 31.3 Å². The summed E-state index contributed by atoms with van der Waals surface area (Å²) in [5.74, 6) is 1.13. The molecule has 0 aliphatic carbocycles. The summed E-state index contributed by atoms with van der Waals surface area (Å²) in [5, 5.41) is 8.44. The first-order chi connectivity index (χ1) is 7.34. The summed E-state index contributed by atoms with van der Waals surface area (Å²) < 4.78 is 1.82. The van der Waals surface area contributed by atoms with Crippen LogP contribution >= 0.6 is 11.8 Å². The van der Waals surface area contributed by atoms with Gasteiger partial charge < -0.3 is 5.32 Å². The summed E-state index contributed by atoms with van der Waals surface area (Å²) in [7, 11) is 1.93. The number of thioether (sulfide) groups is 1. The van der Waals surface area contributed by atoms with E-state index in [2.05, 4.69) is 22.3 Å². The molecule has 0 aliphatic rings. The van der Waals surface area contributed by atoms with Crippen molar-refractivity contribution in [2.24, 2.45) is 7.05 Å². The predicted octanol–water partition coefficient (Wildman–Crippen LogP) is 1.69. The van der Waals surface area contributed by atoms with E-state index in [9.17, 15) is 0 Å². The molecule has 15 heavy (non-hydrogen) atoms. The fourth-order valence-electron chi connectivity index (χ4n) is 1.23. The maximum Gasteiger partial charge on any atom is 0.185 e. The number of hydrogen-bond acceptors (Lipinski definition) is 4. The minimum absolute atomic E-state index is 1.01. The van der Waals surface area contributed by atoms with Crippen LogP contribution in [0.4, 0.5) is 0 Å². The number of unbranched alkanes of at least 4 members (excludes halogenated alkanes) is 1. The third kappa shape index (κ3) is 5.18. The van der Waals surface area contributed by atoms with Gasteiger partial charge in [0.15, 0.2) is 5.16 Å². The normalized spacial score (nSPS) is 10.8. The molecule has 0 saturated heterocycles. The summed E-state index contributed by atoms with van der Waals surface area (Å²) in [6.07, 6.45) is 5.29. The average molecular weight is 228 g/mol. The highest BCUT2D eigenvalue weighted by atomic mass is 32.2. The van der Waals surface area contributed by atoms with Crippen LogP contribution in [0.25, 0.3) is 0 Å². The van der Waals surface area contributed by atoms with Gasteiger partial charge in [0.2, 0.25) is 0 Å². The topological polar surface area (TPSA) is 42.7 Å². The van der Waals surface area contributed by atoms with E-state index in [4.69, 9.17) is 0 Å². The number of nitrogens with one attached hydrogen (secondary N) is 1. The van der Waals surface area contributed by atoms with Crippen LogP contribution in [0.2, 0.25) is 0 Å². The van der Waals surface area contributed by atoms with Crippen LogP contribution in [-0.4, -0.2) is 33.6 Å². The van der Waals surface area contributed by atoms with Crippen molar-refractivity contribution >= 4 is 11.8 Å². The second kappa shape index (κ2) is 7.70. The van der Waals surface area contributed by atoms with Crippen LogP contribution in [-0.2, 0) is 7.05 Å². The molecule has 1 N–H and O–H groups in total. The maximum absolute atomic E-state index is 4.16. The fraction of sp³-hybridized carbons (Fsp3) is 0.800. The minimum Gasteiger partial charge on any atom is -0.317 e. The molecule has 0 unspecified atom stereocenters. The van der Waals surface area contributed by atoms with Gasteiger partial charge in [-0.3, -0.25) is 0 Å². The zero-order valence-electron chi connectivity index (χ0n) is 9.57. The first-order valence-electron chi connectivity index (χ1n) is 5.52. The van der Waals surface area contributed by atoms with E-state index in [1.807, 2.05) is 11.7 Å². The predicted molar refractivity (Wildman–Crippen MR) is 64.1 cm³/mol. The lowest BCUT2D eigenvalue weighted by Gasteiger charge is -2.02. The van der Waals surface area contributed by atoms with Crippen LogP contribution in [0.15, 0.2) is 11.5 Å². The Hall–Kier alpha value is -0.550. The molecule has 0 radical (unpaired) electrons. The largest absolute Gasteiger partial charge is 0.317 e. The van der Waals surface area contributed by atoms with Gasteiger partial charge in [-0.15, -0.1) is 0 Å². The SMILES string of the molecule is CCCNCCCCSc1ncnn1C. The zero-order valence-corrected chi connectivity index (χ0v) is 10.4. The van der Waals surface area contributed by atoms with Crippen molar-refractivity contribution < 1.29 is 0 Å². The highest BCUT2D eigenvalue weighted by Gasteiger charge is 1.99. The van der Waals surface area contributed by atoms with Crippen molar-refractivity contribution in [2.75, 3.05) is 18.8 Å². The maximum atomic E-state index is 4.16. The lowest BCUT2D eigenvalue weighted by Crippen LogP contribution is -2.15. The summed E-state index contributed by atoms with van der Waals surface area (Å²) in [6, 6.07) is 0. The van der Waals surface area contributed by atoms with Crippen molar-refractivity contribution in [3.63, 3.8) is 0 Å². The summed E-state index contributed by atoms with van der Waals surface area (Å²) >= 11 is 1.78. The number of aryl methyl sites for hydroxylation is 1. The minimum atomic E-state index is 1.01. The van der Waals surface area contributed by atoms with E-state index < -0.39 is 0 Å². The molecule has 0 saturated carbocycles. The molecule has 0 amide bonds. The number of aromatic nitrogens is 3. The van der Waals surface area contributed by atoms with Gasteiger partial charge in [-0.05, 0) is 32.4 Å². The van der Waals surface area contributed by atoms with Crippen LogP contribution in [0, 0.1) is 0 Å². The average Bonchev–Trinajstić information content (AvgIpc) is 2.63. The molecular formula is C10H20N4S. The Morgan fingerprint density at radius 1 is 1.40 bits per heavy atom. The van der Waals surface area contributed by atoms with Gasteiger partial charge in [0.25, 0.3) is 0 Å². The van der Waals surface area contributed by atoms with Gasteiger partial charge in [-0.1, -0.05) is 18.7 Å². The molecule has 4 nitrogen and oxygen atoms in total. The highest BCUT2D eigenvalue weighted by Crippen LogP contribution is 2.14. The first kappa shape index (κ1) is 12.5. The lowest BCUT2D eigenvalue weighted by molar-refractivity contribution is 0.634. The van der Waals surface area contributed by atoms with Crippen molar-refractivity contribution in [3.05, 3.63) is 6.33 Å². The standard InChI is InChI=1S/C10H20N4S/c1-3-6-11-7-4-5-8-15-10-12-9-13-14(10)2/h9,11H,3-8H2,1-2H3. The van der Waals surface area contributed by atoms with Gasteiger partial charge in [0, 0.05) is 12.8 Å². The highest BCUT2D eigenvalue weighted by molar-refractivity contribution is 7.99. The second-order valence-electron chi connectivity index (χ2n) is 3.47. The zero-order chi connectivity index (χ0) is 10.9. The van der Waals surface area contributed by atoms with Crippen LogP contribution in [0.3, 0.4) is 0 Å². The van der Waals surface area contributed by atoms with Crippen molar-refractivity contribution in [1.82, 2.24) is 20.1 Å². The molecule has 86 valence electrons. The van der Waals surface area contributed by atoms with E-state index in [0.29, 0.717) is 0 Å². The molecule has 0 bridgehead atoms. The smallest absolute Gasteiger partial charge is 0.185 e. The Bertz CT molecular complexity index is 262. The Morgan fingerprint density at radius 2 is 2.27 bits per heavy atom. The molecule has 0 atom stereocenters. The van der Waals surface area contributed by atoms with Crippen molar-refractivity contribution in [1.29, 1.82) is 0 Å². The van der Waals surface area contributed by atoms with Crippen LogP contribution < -0.4 is 5.32 Å². The fourth-order valence-corrected chi connectivity index (χ4v) is 2.12. The second-order valence-corrected chi connectivity index (χ2v) is 4.53. The monoisotopic (exact) mass is 228 g/mol. The van der Waals surface area contributed by atoms with Crippen LogP contribution in [0.5, 0.6) is 0 Å². The quantitative estimate of drug-likeness (QED) is 0.543. The van der Waals surface area contributed by atoms with Gasteiger partial charge in [0.05, 0.1) is 0 Å². The lowest BCUT2D eigenvalue weighted by atomic mass is 10.3. The van der Waals surface area contributed by atoms with E-state index in [1.54, 1.807) is 18.1 Å². The summed E-state index contributed by atoms with van der Waals surface area (Å²) in [4.78, 5) is 4.16. The molecule has 0 aromatic carbocycles. The Kier molecular flexibility index (Phi) is 6.43. The molecule has 0 spiro atoms. The molecular weight excluding hydrogens is 208 g/mol. The molecule has 1 aromatic heterocycles. The van der Waals surface area contributed by atoms with Crippen molar-refractivity contribution in [3.8, 4) is 0 Å². The van der Waals surface area contributed by atoms with E-state index in [0.717, 1.165) is 24.0 Å². The molecule has 0 fully saturated rings. The Labute approximate surface area is 95.9 Å². The Balaban J connectivity index is 1.96. The van der Waals surface area contributed by atoms with Crippen LogP contribution in [0.1, 0.15) is 26.2 Å². The molecule has 5 heteroatoms. The Morgan fingerprint density at radius 3 is 2.93 bits per heavy atom. The van der Waals surface area contributed by atoms with E-state index >= 15 is 0 Å². The van der Waals surface area contributed by atoms with Gasteiger partial charge in [0.1, 0.15) is 6.33 Å². The number of nitrogens with zero attached hydrogens (tertiary/aromatic N) is 3. The third-order valence-electron chi connectivity index (χ3n) is 2.08. The van der Waals surface area contributed by atoms with Gasteiger partial charge in [-0.2, -0.15) is 5.10 Å². The summed E-state index contributed by atoms with van der Waals surface area (Å²) in [5.41, 5.74) is 0. The first-order valence-corrected chi connectivity index (χ1v) is 6.50. The van der Waals surface area contributed by atoms with E-state index in [-0.39, 0.29) is 0 Å². The molecule has 1 rings (SSSR count). The molecule has 1 heterocycles. The molecule has 1 aromatic rings. The third-order valence-corrected chi connectivity index (χ3v) is 3.20.